The molecule has 2 aromatic rings. The maximum atomic E-state index is 11.9. The van der Waals surface area contributed by atoms with E-state index in [1.165, 1.54) is 18.2 Å². The van der Waals surface area contributed by atoms with Crippen molar-refractivity contribution in [2.75, 3.05) is 5.32 Å². The van der Waals surface area contributed by atoms with Gasteiger partial charge < -0.3 is 15.5 Å². The first-order chi connectivity index (χ1) is 8.95. The highest BCUT2D eigenvalue weighted by Gasteiger charge is 2.11. The van der Waals surface area contributed by atoms with Crippen molar-refractivity contribution in [1.82, 2.24) is 0 Å². The van der Waals surface area contributed by atoms with E-state index in [9.17, 15) is 15.0 Å². The zero-order chi connectivity index (χ0) is 14.0. The molecule has 0 spiro atoms. The second-order valence-corrected chi connectivity index (χ2v) is 4.66. The van der Waals surface area contributed by atoms with Crippen molar-refractivity contribution >= 4 is 34.8 Å². The predicted octanol–water partition coefficient (Wildman–Crippen LogP) is 3.66. The topological polar surface area (TPSA) is 69.6 Å². The molecule has 0 bridgehead atoms. The Hall–Kier alpha value is -1.91. The highest BCUT2D eigenvalue weighted by Crippen LogP contribution is 2.27. The SMILES string of the molecule is O=C(Nc1ccc(Cl)cc1Cl)c1cc(O)cc(O)c1. The van der Waals surface area contributed by atoms with Crippen LogP contribution in [0.4, 0.5) is 5.69 Å². The lowest BCUT2D eigenvalue weighted by Crippen LogP contribution is -2.12. The quantitative estimate of drug-likeness (QED) is 0.792. The summed E-state index contributed by atoms with van der Waals surface area (Å²) in [5.74, 6) is -0.907. The van der Waals surface area contributed by atoms with Crippen LogP contribution in [0, 0.1) is 0 Å². The summed E-state index contributed by atoms with van der Waals surface area (Å²) in [5, 5.41) is 21.9. The summed E-state index contributed by atoms with van der Waals surface area (Å²) in [6.07, 6.45) is 0. The largest absolute Gasteiger partial charge is 0.508 e. The number of nitrogens with one attached hydrogen (secondary N) is 1. The summed E-state index contributed by atoms with van der Waals surface area (Å²) < 4.78 is 0. The number of phenolic OH excluding ortho intramolecular Hbond substituents is 2. The molecule has 0 aliphatic heterocycles. The van der Waals surface area contributed by atoms with Gasteiger partial charge in [0.2, 0.25) is 0 Å². The van der Waals surface area contributed by atoms with Crippen LogP contribution in [0.1, 0.15) is 10.4 Å². The third-order valence-corrected chi connectivity index (χ3v) is 2.89. The maximum Gasteiger partial charge on any atom is 0.255 e. The molecular formula is C13H9Cl2NO3. The highest BCUT2D eigenvalue weighted by atomic mass is 35.5. The first kappa shape index (κ1) is 13.5. The maximum absolute atomic E-state index is 11.9. The fourth-order valence-corrected chi connectivity index (χ4v) is 1.97. The Kier molecular flexibility index (Phi) is 3.83. The molecule has 6 heteroatoms. The van der Waals surface area contributed by atoms with Gasteiger partial charge in [-0.05, 0) is 30.3 Å². The fraction of sp³-hybridized carbons (Fsp3) is 0. The van der Waals surface area contributed by atoms with Crippen molar-refractivity contribution in [1.29, 1.82) is 0 Å². The van der Waals surface area contributed by atoms with Crippen molar-refractivity contribution in [3.05, 3.63) is 52.0 Å². The van der Waals surface area contributed by atoms with Crippen molar-refractivity contribution in [3.63, 3.8) is 0 Å². The van der Waals surface area contributed by atoms with Crippen molar-refractivity contribution in [2.24, 2.45) is 0 Å². The molecular weight excluding hydrogens is 289 g/mol. The van der Waals surface area contributed by atoms with Crippen LogP contribution >= 0.6 is 23.2 Å². The van der Waals surface area contributed by atoms with Crippen molar-refractivity contribution < 1.29 is 15.0 Å². The second-order valence-electron chi connectivity index (χ2n) is 3.82. The van der Waals surface area contributed by atoms with E-state index >= 15 is 0 Å². The van der Waals surface area contributed by atoms with Gasteiger partial charge in [0.1, 0.15) is 11.5 Å². The van der Waals surface area contributed by atoms with Crippen molar-refractivity contribution in [3.8, 4) is 11.5 Å². The molecule has 2 rings (SSSR count). The van der Waals surface area contributed by atoms with Gasteiger partial charge >= 0.3 is 0 Å². The number of anilines is 1. The monoisotopic (exact) mass is 297 g/mol. The van der Waals surface area contributed by atoms with Crippen LogP contribution in [-0.2, 0) is 0 Å². The number of rotatable bonds is 2. The minimum Gasteiger partial charge on any atom is -0.508 e. The lowest BCUT2D eigenvalue weighted by molar-refractivity contribution is 0.102. The molecule has 0 heterocycles. The molecule has 0 radical (unpaired) electrons. The molecule has 4 nitrogen and oxygen atoms in total. The first-order valence-corrected chi connectivity index (χ1v) is 6.01. The Morgan fingerprint density at radius 1 is 1.00 bits per heavy atom. The van der Waals surface area contributed by atoms with E-state index in [1.54, 1.807) is 12.1 Å². The second kappa shape index (κ2) is 5.38. The van der Waals surface area contributed by atoms with Crippen LogP contribution in [-0.4, -0.2) is 16.1 Å². The summed E-state index contributed by atoms with van der Waals surface area (Å²) in [7, 11) is 0. The molecule has 0 aliphatic carbocycles. The molecule has 3 N–H and O–H groups in total. The fourth-order valence-electron chi connectivity index (χ4n) is 1.51. The Balaban J connectivity index is 2.25. The van der Waals surface area contributed by atoms with Crippen LogP contribution in [0.5, 0.6) is 11.5 Å². The minimum atomic E-state index is -0.504. The molecule has 1 amide bonds. The van der Waals surface area contributed by atoms with E-state index in [0.717, 1.165) is 6.07 Å². The molecule has 0 fully saturated rings. The van der Waals surface area contributed by atoms with Gasteiger partial charge in [-0.25, -0.2) is 0 Å². The molecule has 0 aromatic heterocycles. The van der Waals surface area contributed by atoms with E-state index in [0.29, 0.717) is 15.7 Å². The third-order valence-electron chi connectivity index (χ3n) is 2.34. The lowest BCUT2D eigenvalue weighted by Gasteiger charge is -2.08. The number of hydrogen-bond acceptors (Lipinski definition) is 3. The van der Waals surface area contributed by atoms with Crippen LogP contribution in [0.3, 0.4) is 0 Å². The molecule has 98 valence electrons. The Morgan fingerprint density at radius 2 is 1.63 bits per heavy atom. The van der Waals surface area contributed by atoms with Gasteiger partial charge in [-0.1, -0.05) is 23.2 Å². The summed E-state index contributed by atoms with van der Waals surface area (Å²) in [6.45, 7) is 0. The van der Waals surface area contributed by atoms with E-state index < -0.39 is 5.91 Å². The number of aromatic hydroxyl groups is 2. The van der Waals surface area contributed by atoms with Gasteiger partial charge in [-0.2, -0.15) is 0 Å². The number of amides is 1. The summed E-state index contributed by atoms with van der Waals surface area (Å²) in [4.78, 5) is 11.9. The first-order valence-electron chi connectivity index (χ1n) is 5.25. The standard InChI is InChI=1S/C13H9Cl2NO3/c14-8-1-2-12(11(15)5-8)16-13(19)7-3-9(17)6-10(18)4-7/h1-6,17-18H,(H,16,19). The van der Waals surface area contributed by atoms with Crippen LogP contribution in [0.15, 0.2) is 36.4 Å². The number of benzene rings is 2. The number of phenols is 2. The summed E-state index contributed by atoms with van der Waals surface area (Å²) >= 11 is 11.7. The van der Waals surface area contributed by atoms with E-state index in [4.69, 9.17) is 23.2 Å². The Labute approximate surface area is 119 Å². The Morgan fingerprint density at radius 3 is 2.21 bits per heavy atom. The number of carbonyl (C=O) groups is 1. The number of halogens is 2. The zero-order valence-corrected chi connectivity index (χ0v) is 11.0. The minimum absolute atomic E-state index is 0.114. The third kappa shape index (κ3) is 3.30. The van der Waals surface area contributed by atoms with Gasteiger partial charge in [0.05, 0.1) is 10.7 Å². The van der Waals surface area contributed by atoms with E-state index in [2.05, 4.69) is 5.32 Å². The number of hydrogen-bond donors (Lipinski definition) is 3. The smallest absolute Gasteiger partial charge is 0.255 e. The Bertz CT molecular complexity index is 624. The van der Waals surface area contributed by atoms with Gasteiger partial charge in [-0.3, -0.25) is 4.79 Å². The van der Waals surface area contributed by atoms with Gasteiger partial charge in [0.25, 0.3) is 5.91 Å². The molecule has 19 heavy (non-hydrogen) atoms. The van der Waals surface area contributed by atoms with Gasteiger partial charge in [0.15, 0.2) is 0 Å². The van der Waals surface area contributed by atoms with E-state index in [1.807, 2.05) is 0 Å². The highest BCUT2D eigenvalue weighted by molar-refractivity contribution is 6.36. The van der Waals surface area contributed by atoms with Crippen LogP contribution < -0.4 is 5.32 Å². The van der Waals surface area contributed by atoms with Gasteiger partial charge in [-0.15, -0.1) is 0 Å². The van der Waals surface area contributed by atoms with E-state index in [-0.39, 0.29) is 17.1 Å². The summed E-state index contributed by atoms with van der Waals surface area (Å²) in [5.41, 5.74) is 0.502. The van der Waals surface area contributed by atoms with Crippen LogP contribution in [0.2, 0.25) is 10.0 Å². The average molecular weight is 298 g/mol. The molecule has 0 saturated carbocycles. The summed E-state index contributed by atoms with van der Waals surface area (Å²) in [6, 6.07) is 8.25. The molecule has 0 aliphatic rings. The molecule has 0 atom stereocenters. The lowest BCUT2D eigenvalue weighted by atomic mass is 10.2. The van der Waals surface area contributed by atoms with Gasteiger partial charge in [0, 0.05) is 16.7 Å². The number of carbonyl (C=O) groups excluding carboxylic acids is 1. The van der Waals surface area contributed by atoms with Crippen molar-refractivity contribution in [2.45, 2.75) is 0 Å². The normalized spacial score (nSPS) is 10.2. The molecule has 2 aromatic carbocycles. The average Bonchev–Trinajstić information content (AvgIpc) is 2.31. The predicted molar refractivity (Wildman–Crippen MR) is 74.2 cm³/mol. The van der Waals surface area contributed by atoms with Crippen LogP contribution in [0.25, 0.3) is 0 Å². The molecule has 0 unspecified atom stereocenters. The molecule has 0 saturated heterocycles. The zero-order valence-electron chi connectivity index (χ0n) is 9.52.